The fourth-order valence-corrected chi connectivity index (χ4v) is 2.34. The Balaban J connectivity index is 2.18. The first-order valence-corrected chi connectivity index (χ1v) is 7.44. The van der Waals surface area contributed by atoms with Crippen molar-refractivity contribution in [1.82, 2.24) is 5.32 Å². The largest absolute Gasteiger partial charge is 0.488 e. The van der Waals surface area contributed by atoms with E-state index in [1.54, 1.807) is 18.2 Å². The van der Waals surface area contributed by atoms with Crippen molar-refractivity contribution < 1.29 is 9.53 Å². The van der Waals surface area contributed by atoms with E-state index in [1.807, 2.05) is 31.2 Å². The van der Waals surface area contributed by atoms with E-state index in [0.717, 1.165) is 10.0 Å². The molecule has 110 valence electrons. The molecular weight excluding hydrogens is 332 g/mol. The molecule has 0 saturated heterocycles. The molecule has 2 aromatic rings. The van der Waals surface area contributed by atoms with Crippen LogP contribution < -0.4 is 15.8 Å². The van der Waals surface area contributed by atoms with Crippen molar-refractivity contribution in [3.05, 3.63) is 58.1 Å². The van der Waals surface area contributed by atoms with Crippen LogP contribution in [0.25, 0.3) is 0 Å². The molecule has 3 N–H and O–H groups in total. The zero-order valence-corrected chi connectivity index (χ0v) is 13.3. The molecule has 21 heavy (non-hydrogen) atoms. The van der Waals surface area contributed by atoms with Gasteiger partial charge in [-0.3, -0.25) is 4.79 Å². The third-order valence-electron chi connectivity index (χ3n) is 2.87. The first kappa shape index (κ1) is 15.4. The summed E-state index contributed by atoms with van der Waals surface area (Å²) in [4.78, 5) is 12.0. The van der Waals surface area contributed by atoms with Gasteiger partial charge in [0.15, 0.2) is 0 Å². The molecule has 0 bridgehead atoms. The highest BCUT2D eigenvalue weighted by Gasteiger charge is 2.12. The van der Waals surface area contributed by atoms with Crippen LogP contribution in [0, 0.1) is 0 Å². The Bertz CT molecular complexity index is 644. The summed E-state index contributed by atoms with van der Waals surface area (Å²) in [5.41, 5.74) is 7.83. The van der Waals surface area contributed by atoms with E-state index < -0.39 is 0 Å². The van der Waals surface area contributed by atoms with Crippen LogP contribution in [0.5, 0.6) is 5.75 Å². The van der Waals surface area contributed by atoms with Crippen molar-refractivity contribution in [3.8, 4) is 5.75 Å². The summed E-state index contributed by atoms with van der Waals surface area (Å²) in [6, 6.07) is 12.9. The van der Waals surface area contributed by atoms with Gasteiger partial charge in [0.05, 0.1) is 5.56 Å². The van der Waals surface area contributed by atoms with Gasteiger partial charge < -0.3 is 15.8 Å². The smallest absolute Gasteiger partial charge is 0.255 e. The minimum Gasteiger partial charge on any atom is -0.488 e. The van der Waals surface area contributed by atoms with Crippen molar-refractivity contribution in [3.63, 3.8) is 0 Å². The maximum Gasteiger partial charge on any atom is 0.255 e. The molecule has 0 aliphatic heterocycles. The van der Waals surface area contributed by atoms with Crippen LogP contribution in [0.2, 0.25) is 0 Å². The van der Waals surface area contributed by atoms with E-state index in [1.165, 1.54) is 0 Å². The van der Waals surface area contributed by atoms with Crippen LogP contribution in [0.15, 0.2) is 46.9 Å². The number of carbonyl (C=O) groups is 1. The number of nitrogen functional groups attached to an aromatic ring is 1. The summed E-state index contributed by atoms with van der Waals surface area (Å²) in [7, 11) is 0. The SMILES string of the molecule is CCNC(=O)c1ccc(N)cc1OCc1cccc(Br)c1. The lowest BCUT2D eigenvalue weighted by atomic mass is 10.1. The van der Waals surface area contributed by atoms with Gasteiger partial charge >= 0.3 is 0 Å². The molecule has 0 aliphatic rings. The Morgan fingerprint density at radius 3 is 2.81 bits per heavy atom. The maximum absolute atomic E-state index is 12.0. The van der Waals surface area contributed by atoms with Crippen LogP contribution >= 0.6 is 15.9 Å². The van der Waals surface area contributed by atoms with Gasteiger partial charge in [-0.05, 0) is 36.8 Å². The topological polar surface area (TPSA) is 64.4 Å². The van der Waals surface area contributed by atoms with Crippen LogP contribution in [0.1, 0.15) is 22.8 Å². The molecule has 2 rings (SSSR count). The van der Waals surface area contributed by atoms with E-state index in [-0.39, 0.29) is 5.91 Å². The molecule has 0 aromatic heterocycles. The maximum atomic E-state index is 12.0. The fourth-order valence-electron chi connectivity index (χ4n) is 1.89. The number of carbonyl (C=O) groups excluding carboxylic acids is 1. The summed E-state index contributed by atoms with van der Waals surface area (Å²) < 4.78 is 6.75. The molecule has 0 radical (unpaired) electrons. The van der Waals surface area contributed by atoms with Gasteiger partial charge in [-0.15, -0.1) is 0 Å². The summed E-state index contributed by atoms with van der Waals surface area (Å²) in [5.74, 6) is 0.322. The summed E-state index contributed by atoms with van der Waals surface area (Å²) in [6.07, 6.45) is 0. The normalized spacial score (nSPS) is 10.2. The Labute approximate surface area is 132 Å². The van der Waals surface area contributed by atoms with Crippen molar-refractivity contribution in [1.29, 1.82) is 0 Å². The van der Waals surface area contributed by atoms with Gasteiger partial charge in [0.1, 0.15) is 12.4 Å². The number of anilines is 1. The predicted octanol–water partition coefficient (Wildman–Crippen LogP) is 3.36. The highest BCUT2D eigenvalue weighted by Crippen LogP contribution is 2.23. The predicted molar refractivity (Wildman–Crippen MR) is 87.3 cm³/mol. The molecule has 1 amide bonds. The summed E-state index contributed by atoms with van der Waals surface area (Å²) >= 11 is 3.42. The third kappa shape index (κ3) is 4.23. The molecule has 0 atom stereocenters. The second kappa shape index (κ2) is 7.13. The van der Waals surface area contributed by atoms with Gasteiger partial charge in [0.25, 0.3) is 5.91 Å². The molecule has 0 aliphatic carbocycles. The van der Waals surface area contributed by atoms with Crippen molar-refractivity contribution >= 4 is 27.5 Å². The molecule has 2 aromatic carbocycles. The Kier molecular flexibility index (Phi) is 5.22. The van der Waals surface area contributed by atoms with Crippen molar-refractivity contribution in [2.75, 3.05) is 12.3 Å². The summed E-state index contributed by atoms with van der Waals surface area (Å²) in [6.45, 7) is 2.81. The van der Waals surface area contributed by atoms with Crippen molar-refractivity contribution in [2.24, 2.45) is 0 Å². The number of benzene rings is 2. The van der Waals surface area contributed by atoms with Gasteiger partial charge in [-0.1, -0.05) is 28.1 Å². The van der Waals surface area contributed by atoms with E-state index in [9.17, 15) is 4.79 Å². The second-order valence-corrected chi connectivity index (χ2v) is 5.45. The van der Waals surface area contributed by atoms with Crippen LogP contribution in [-0.4, -0.2) is 12.5 Å². The van der Waals surface area contributed by atoms with E-state index >= 15 is 0 Å². The molecule has 5 heteroatoms. The molecule has 4 nitrogen and oxygen atoms in total. The number of rotatable bonds is 5. The summed E-state index contributed by atoms with van der Waals surface area (Å²) in [5, 5.41) is 2.76. The molecule has 0 fully saturated rings. The lowest BCUT2D eigenvalue weighted by Crippen LogP contribution is -2.23. The number of hydrogen-bond acceptors (Lipinski definition) is 3. The third-order valence-corrected chi connectivity index (χ3v) is 3.36. The zero-order chi connectivity index (χ0) is 15.2. The molecule has 0 heterocycles. The number of ether oxygens (including phenoxy) is 1. The Hall–Kier alpha value is -2.01. The standard InChI is InChI=1S/C16H17BrN2O2/c1-2-19-16(20)14-7-6-13(18)9-15(14)21-10-11-4-3-5-12(17)8-11/h3-9H,2,10,18H2,1H3,(H,19,20). The van der Waals surface area contributed by atoms with Crippen LogP contribution in [0.3, 0.4) is 0 Å². The number of nitrogens with one attached hydrogen (secondary N) is 1. The van der Waals surface area contributed by atoms with E-state index in [0.29, 0.717) is 30.2 Å². The Morgan fingerprint density at radius 1 is 1.29 bits per heavy atom. The van der Waals surface area contributed by atoms with E-state index in [4.69, 9.17) is 10.5 Å². The monoisotopic (exact) mass is 348 g/mol. The molecule has 0 saturated carbocycles. The highest BCUT2D eigenvalue weighted by molar-refractivity contribution is 9.10. The van der Waals surface area contributed by atoms with Gasteiger partial charge in [-0.25, -0.2) is 0 Å². The van der Waals surface area contributed by atoms with E-state index in [2.05, 4.69) is 21.2 Å². The van der Waals surface area contributed by atoms with Crippen LogP contribution in [0.4, 0.5) is 5.69 Å². The number of nitrogens with two attached hydrogens (primary N) is 1. The first-order valence-electron chi connectivity index (χ1n) is 6.65. The average molecular weight is 349 g/mol. The van der Waals surface area contributed by atoms with Crippen LogP contribution in [-0.2, 0) is 6.61 Å². The minimum atomic E-state index is -0.165. The lowest BCUT2D eigenvalue weighted by Gasteiger charge is -2.12. The zero-order valence-electron chi connectivity index (χ0n) is 11.7. The molecular formula is C16H17BrN2O2. The number of halogens is 1. The second-order valence-electron chi connectivity index (χ2n) is 4.53. The average Bonchev–Trinajstić information content (AvgIpc) is 2.45. The van der Waals surface area contributed by atoms with Crippen molar-refractivity contribution in [2.45, 2.75) is 13.5 Å². The fraction of sp³-hybridized carbons (Fsp3) is 0.188. The van der Waals surface area contributed by atoms with Gasteiger partial charge in [-0.2, -0.15) is 0 Å². The lowest BCUT2D eigenvalue weighted by molar-refractivity contribution is 0.0951. The Morgan fingerprint density at radius 2 is 2.10 bits per heavy atom. The van der Waals surface area contributed by atoms with Gasteiger partial charge in [0.2, 0.25) is 0 Å². The number of hydrogen-bond donors (Lipinski definition) is 2. The number of amides is 1. The van der Waals surface area contributed by atoms with Gasteiger partial charge in [0, 0.05) is 22.8 Å². The molecule has 0 unspecified atom stereocenters. The quantitative estimate of drug-likeness (QED) is 0.814. The highest BCUT2D eigenvalue weighted by atomic mass is 79.9. The first-order chi connectivity index (χ1) is 10.1. The molecule has 0 spiro atoms. The minimum absolute atomic E-state index is 0.165.